The number of fused-ring (bicyclic) bond motifs is 1. The number of Topliss-reactive ketones (excluding diaryl/α,β-unsaturated/α-hetero) is 2. The Morgan fingerprint density at radius 2 is 1.27 bits per heavy atom. The van der Waals surface area contributed by atoms with E-state index < -0.39 is 158 Å². The number of nitrogens with zero attached hydrogens (tertiary/aromatic N) is 6. The minimum absolute atomic E-state index is 0.00195. The molecule has 30 heteroatoms. The van der Waals surface area contributed by atoms with Gasteiger partial charge in [-0.15, -0.1) is 5.10 Å². The molecule has 12 atom stereocenters. The van der Waals surface area contributed by atoms with Crippen molar-refractivity contribution in [2.24, 2.45) is 22.7 Å². The fourth-order valence-corrected chi connectivity index (χ4v) is 16.2. The van der Waals surface area contributed by atoms with E-state index in [0.29, 0.717) is 52.3 Å². The molecule has 10 bridgehead atoms. The number of ketones is 2. The zero-order chi connectivity index (χ0) is 84.0. The van der Waals surface area contributed by atoms with E-state index in [1.54, 1.807) is 146 Å². The minimum atomic E-state index is -4.15. The number of hydrogen-bond acceptors (Lipinski definition) is 20. The van der Waals surface area contributed by atoms with Crippen LogP contribution in [-0.4, -0.2) is 202 Å². The molecular formula is C87H107N13O16S. The predicted molar refractivity (Wildman–Crippen MR) is 437 cm³/mol. The fourth-order valence-electron chi connectivity index (χ4n) is 14.8. The normalized spacial score (nSPS) is 22.4. The molecule has 7 aromatic rings. The van der Waals surface area contributed by atoms with Crippen LogP contribution in [0.4, 0.5) is 0 Å². The summed E-state index contributed by atoms with van der Waals surface area (Å²) in [7, 11) is -0.891. The van der Waals surface area contributed by atoms with Crippen molar-refractivity contribution in [3.05, 3.63) is 186 Å². The molecule has 5 aromatic carbocycles. The molecule has 0 unspecified atom stereocenters. The average Bonchev–Trinajstić information content (AvgIpc) is 1.66. The van der Waals surface area contributed by atoms with Gasteiger partial charge in [0.1, 0.15) is 66.4 Å². The van der Waals surface area contributed by atoms with E-state index in [9.17, 15) is 37.5 Å². The monoisotopic (exact) mass is 1620 g/mol. The Morgan fingerprint density at radius 1 is 0.641 bits per heavy atom. The molecule has 8 N–H and O–H groups in total. The Bertz CT molecular complexity index is 4890. The Balaban J connectivity index is 0.926. The molecule has 117 heavy (non-hydrogen) atoms. The lowest BCUT2D eigenvalue weighted by Crippen LogP contribution is -2.60. The number of carbonyl (C=O) groups is 10. The van der Waals surface area contributed by atoms with Crippen LogP contribution in [0.3, 0.4) is 0 Å². The number of likely N-dealkylation sites (N-methyl/N-ethyl adjacent to an activating group) is 2. The first-order valence-electron chi connectivity index (χ1n) is 39.8. The van der Waals surface area contributed by atoms with Gasteiger partial charge in [0.05, 0.1) is 48.3 Å². The van der Waals surface area contributed by atoms with Gasteiger partial charge in [0.2, 0.25) is 51.4 Å². The minimum Gasteiger partial charge on any atom is -0.490 e. The van der Waals surface area contributed by atoms with Gasteiger partial charge in [0.15, 0.2) is 5.78 Å². The lowest BCUT2D eigenvalue weighted by Gasteiger charge is -2.36. The van der Waals surface area contributed by atoms with Crippen LogP contribution in [0.25, 0.3) is 21.9 Å². The summed E-state index contributed by atoms with van der Waals surface area (Å²) in [4.78, 5) is 154. The van der Waals surface area contributed by atoms with Crippen LogP contribution in [0.5, 0.6) is 11.5 Å². The molecule has 29 nitrogen and oxygen atoms in total. The molecule has 1 saturated carbocycles. The van der Waals surface area contributed by atoms with Crippen molar-refractivity contribution < 1.29 is 75.7 Å². The smallest absolute Gasteiger partial charge is 0.326 e. The molecule has 0 radical (unpaired) electrons. The van der Waals surface area contributed by atoms with Gasteiger partial charge in [-0.25, -0.2) is 17.9 Å². The number of carboxylic acids is 1. The van der Waals surface area contributed by atoms with E-state index in [4.69, 9.17) is 14.2 Å². The summed E-state index contributed by atoms with van der Waals surface area (Å²) >= 11 is 0. The van der Waals surface area contributed by atoms with Crippen molar-refractivity contribution >= 4 is 79.7 Å². The maximum atomic E-state index is 15.5. The van der Waals surface area contributed by atoms with Gasteiger partial charge < -0.3 is 61.0 Å². The van der Waals surface area contributed by atoms with E-state index in [1.807, 2.05) is 81.4 Å². The molecule has 2 aromatic heterocycles. The average molecular weight is 1620 g/mol. The third kappa shape index (κ3) is 23.0. The van der Waals surface area contributed by atoms with Gasteiger partial charge in [-0.2, -0.15) is 0 Å². The molecule has 7 aliphatic rings. The number of aromatic nitrogens is 4. The number of ether oxygens (including phenoxy) is 3. The van der Waals surface area contributed by atoms with Crippen LogP contribution in [0.15, 0.2) is 158 Å². The number of likely N-dealkylation sites (tertiary alicyclic amines) is 2. The molecule has 2 saturated heterocycles. The number of aliphatic carboxylic acids is 1. The summed E-state index contributed by atoms with van der Waals surface area (Å²) in [6.07, 6.45) is 7.00. The maximum absolute atomic E-state index is 15.5. The van der Waals surface area contributed by atoms with Crippen molar-refractivity contribution in [2.45, 2.75) is 192 Å². The fraction of sp³-hybridized carbons (Fsp3) is 0.460. The Hall–Kier alpha value is -11.1. The van der Waals surface area contributed by atoms with Gasteiger partial charge >= 0.3 is 5.97 Å². The molecule has 6 aliphatic heterocycles. The molecule has 14 rings (SSSR count). The molecular weight excluding hydrogens is 1520 g/mol. The van der Waals surface area contributed by atoms with E-state index in [2.05, 4.69) is 51.9 Å². The van der Waals surface area contributed by atoms with Crippen LogP contribution >= 0.6 is 0 Å². The Labute approximate surface area is 682 Å². The van der Waals surface area contributed by atoms with Crippen molar-refractivity contribution in [3.63, 3.8) is 0 Å². The van der Waals surface area contributed by atoms with Gasteiger partial charge in [-0.3, -0.25) is 52.9 Å². The van der Waals surface area contributed by atoms with E-state index in [0.717, 1.165) is 21.9 Å². The van der Waals surface area contributed by atoms with Crippen LogP contribution in [0.1, 0.15) is 128 Å². The third-order valence-corrected chi connectivity index (χ3v) is 24.1. The standard InChI is InChI=1S/C87H107N13O16S/c1-52(88-9)75(101)46-69(86(3,4)5)83(108)99-50-67-45-74(99)82(107)91-70(41-56-17-15-20-60(38-56)61-21-16-34-90-47-61)76(102)43-62(79(104)96-117(112,113)68-32-33-68)37-54-23-30-66(31-24-54)116-51-63-48-100(97-95-63)64-44-73(98(49-64)84(109)77(87(6,7)8)94-78(103)53(2)89-10)81(106)92-71(42-57-22-27-58-18-11-12-19-59(58)39-57)80(105)93-72(85(110)111)40-55-25-28-65(29-26-55)114-35-13-14-36-115-67/h11-31,34,38-39,47-48,52-53,62,64,67-74,77,88-89H,32-33,35-37,40-46,49-51H2,1-10H3,(H,91,107)(H,92,106)(H,93,105)(H,94,103)(H,96,104)(H,110,111)/b14-13+/t52-,53-,62+,64-,67-,69+,70-,71-,72-,73-,74-,77+/m0/s1. The zero-order valence-electron chi connectivity index (χ0n) is 67.8. The summed E-state index contributed by atoms with van der Waals surface area (Å²) < 4.78 is 49.7. The first kappa shape index (κ1) is 86.8. The lowest BCUT2D eigenvalue weighted by atomic mass is 9.76. The number of amides is 7. The number of benzene rings is 5. The Kier molecular flexibility index (Phi) is 28.4. The number of hydrogen-bond donors (Lipinski definition) is 8. The number of carboxylic acid groups (broad SMARTS) is 1. The summed E-state index contributed by atoms with van der Waals surface area (Å²) in [5.41, 5.74) is 2.47. The van der Waals surface area contributed by atoms with Gasteiger partial charge in [-0.05, 0) is 145 Å². The third-order valence-electron chi connectivity index (χ3n) is 22.2. The topological polar surface area (TPSA) is 387 Å². The number of carbonyl (C=O) groups excluding carboxylic acids is 9. The predicted octanol–water partition coefficient (Wildman–Crippen LogP) is 6.51. The maximum Gasteiger partial charge on any atom is 0.326 e. The van der Waals surface area contributed by atoms with Gasteiger partial charge in [0.25, 0.3) is 0 Å². The van der Waals surface area contributed by atoms with E-state index >= 15 is 24.0 Å². The van der Waals surface area contributed by atoms with Crippen molar-refractivity contribution in [1.29, 1.82) is 0 Å². The lowest BCUT2D eigenvalue weighted by molar-refractivity contribution is -0.147. The highest BCUT2D eigenvalue weighted by Crippen LogP contribution is 2.37. The van der Waals surface area contributed by atoms with Crippen molar-refractivity contribution in [3.8, 4) is 22.6 Å². The van der Waals surface area contributed by atoms with Crippen molar-refractivity contribution in [2.75, 3.05) is 40.4 Å². The number of pyridine rings is 1. The van der Waals surface area contributed by atoms with Gasteiger partial charge in [0, 0.05) is 75.8 Å². The second kappa shape index (κ2) is 38.3. The van der Waals surface area contributed by atoms with Crippen LogP contribution in [0.2, 0.25) is 0 Å². The van der Waals surface area contributed by atoms with E-state index in [-0.39, 0.29) is 83.6 Å². The first-order chi connectivity index (χ1) is 55.7. The SMILES string of the molecule is CN[C@@H](C)C(=O)C[C@H](C(=O)N1C[C@@H]2C[C@H]1C(=O)N[C@@H](Cc1cccc(-c3cccnc3)c1)C(=O)C[C@H](C(=O)NS(=O)(=O)C1CC1)Cc1ccc(cc1)OCc1cn(nn1)[C@H]1C[C@@H](C(=O)N[C@@H](Cc3ccc4ccccc4c3)C(=O)N[C@H](C(=O)O)Cc3ccc(cc3)OC/C=C/CO2)N(C(=O)[C@@H](NC(=O)[C@H](C)NC)C(C)(C)C)C1)C(C)(C)C. The molecule has 622 valence electrons. The molecule has 0 spiro atoms. The largest absolute Gasteiger partial charge is 0.490 e. The highest BCUT2D eigenvalue weighted by molar-refractivity contribution is 7.90. The summed E-state index contributed by atoms with van der Waals surface area (Å²) in [5.74, 6) is -8.36. The molecule has 8 heterocycles. The summed E-state index contributed by atoms with van der Waals surface area (Å²) in [5, 5.41) is 38.0. The van der Waals surface area contributed by atoms with Crippen LogP contribution in [0, 0.1) is 22.7 Å². The molecule has 3 fully saturated rings. The Morgan fingerprint density at radius 3 is 1.93 bits per heavy atom. The second-order valence-corrected chi connectivity index (χ2v) is 35.1. The van der Waals surface area contributed by atoms with Crippen molar-refractivity contribution in [1.82, 2.24) is 66.4 Å². The van der Waals surface area contributed by atoms with E-state index in [1.165, 1.54) is 14.5 Å². The highest BCUT2D eigenvalue weighted by atomic mass is 32.2. The number of nitrogens with one attached hydrogen (secondary N) is 7. The number of sulfonamides is 1. The quantitative estimate of drug-likeness (QED) is 0.0424. The first-order valence-corrected chi connectivity index (χ1v) is 41.3. The molecule has 7 amide bonds. The molecule has 1 aliphatic carbocycles. The number of rotatable bonds is 18. The highest BCUT2D eigenvalue weighted by Gasteiger charge is 2.49. The van der Waals surface area contributed by atoms with Gasteiger partial charge in [-0.1, -0.05) is 150 Å². The summed E-state index contributed by atoms with van der Waals surface area (Å²) in [6, 6.07) is 27.4. The summed E-state index contributed by atoms with van der Waals surface area (Å²) in [6.45, 7) is 14.0. The zero-order valence-corrected chi connectivity index (χ0v) is 68.6. The van der Waals surface area contributed by atoms with Crippen LogP contribution in [-0.2, 0) is 95.0 Å². The van der Waals surface area contributed by atoms with Crippen LogP contribution < -0.4 is 46.1 Å². The second-order valence-electron chi connectivity index (χ2n) is 33.1.